The number of ether oxygens (including phenoxy) is 1. The molecule has 27 heavy (non-hydrogen) atoms. The summed E-state index contributed by atoms with van der Waals surface area (Å²) in [5, 5.41) is 9.57. The number of H-pyrrole nitrogens is 1. The molecule has 0 aliphatic carbocycles. The van der Waals surface area contributed by atoms with Gasteiger partial charge in [-0.25, -0.2) is 4.79 Å². The van der Waals surface area contributed by atoms with Gasteiger partial charge in [0.1, 0.15) is 0 Å². The molecule has 6 heteroatoms. The Morgan fingerprint density at radius 2 is 1.81 bits per heavy atom. The molecule has 6 nitrogen and oxygen atoms in total. The smallest absolute Gasteiger partial charge is 0.337 e. The third-order valence-corrected chi connectivity index (χ3v) is 4.81. The number of pyridine rings is 1. The maximum absolute atomic E-state index is 11.7. The van der Waals surface area contributed by atoms with Crippen LogP contribution in [0.1, 0.15) is 21.6 Å². The quantitative estimate of drug-likeness (QED) is 0.728. The molecule has 1 aliphatic heterocycles. The molecule has 0 atom stereocenters. The lowest BCUT2D eigenvalue weighted by Gasteiger charge is -2.28. The highest BCUT2D eigenvalue weighted by Gasteiger charge is 2.16. The van der Waals surface area contributed by atoms with E-state index in [0.717, 1.165) is 43.1 Å². The van der Waals surface area contributed by atoms with E-state index in [4.69, 9.17) is 4.74 Å². The molecule has 2 aromatic heterocycles. The number of hydrogen-bond acceptors (Lipinski definition) is 4. The van der Waals surface area contributed by atoms with Crippen molar-refractivity contribution < 1.29 is 14.6 Å². The Kier molecular flexibility index (Phi) is 4.89. The number of carboxylic acid groups (broad SMARTS) is 1. The van der Waals surface area contributed by atoms with Crippen LogP contribution < -0.4 is 4.90 Å². The number of carboxylic acids is 1. The van der Waals surface area contributed by atoms with Crippen molar-refractivity contribution >= 4 is 11.7 Å². The standard InChI is InChI=1S/C21H21N3O3/c25-21(26)18-14-19(16-5-7-22-8-6-16)23-20(18)13-15-1-3-17(4-2-15)24-9-11-27-12-10-24/h1-8,14,23H,9-13H2,(H,25,26). The minimum atomic E-state index is -0.925. The number of aromatic amines is 1. The summed E-state index contributed by atoms with van der Waals surface area (Å²) >= 11 is 0. The van der Waals surface area contributed by atoms with Gasteiger partial charge in [0.05, 0.1) is 18.8 Å². The summed E-state index contributed by atoms with van der Waals surface area (Å²) in [5.74, 6) is -0.925. The van der Waals surface area contributed by atoms with Crippen molar-refractivity contribution in [3.05, 3.63) is 71.7 Å². The molecule has 1 fully saturated rings. The first-order valence-corrected chi connectivity index (χ1v) is 8.98. The lowest BCUT2D eigenvalue weighted by Crippen LogP contribution is -2.36. The second-order valence-electron chi connectivity index (χ2n) is 6.56. The molecule has 0 spiro atoms. The van der Waals surface area contributed by atoms with Crippen LogP contribution in [0.25, 0.3) is 11.3 Å². The summed E-state index contributed by atoms with van der Waals surface area (Å²) in [6.07, 6.45) is 3.93. The summed E-state index contributed by atoms with van der Waals surface area (Å²) in [5.41, 5.74) is 4.95. The first-order valence-electron chi connectivity index (χ1n) is 8.98. The van der Waals surface area contributed by atoms with Crippen molar-refractivity contribution in [2.45, 2.75) is 6.42 Å². The predicted octanol–water partition coefficient (Wildman–Crippen LogP) is 3.20. The van der Waals surface area contributed by atoms with Gasteiger partial charge in [-0.2, -0.15) is 0 Å². The average molecular weight is 363 g/mol. The number of aromatic nitrogens is 2. The maximum atomic E-state index is 11.7. The molecule has 3 aromatic rings. The predicted molar refractivity (Wildman–Crippen MR) is 103 cm³/mol. The summed E-state index contributed by atoms with van der Waals surface area (Å²) in [4.78, 5) is 21.2. The van der Waals surface area contributed by atoms with Gasteiger partial charge in [-0.05, 0) is 35.9 Å². The van der Waals surface area contributed by atoms with Crippen molar-refractivity contribution in [2.24, 2.45) is 0 Å². The second-order valence-corrected chi connectivity index (χ2v) is 6.56. The molecule has 2 N–H and O–H groups in total. The van der Waals surface area contributed by atoms with Crippen LogP contribution in [0, 0.1) is 0 Å². The van der Waals surface area contributed by atoms with Gasteiger partial charge in [0.15, 0.2) is 0 Å². The Morgan fingerprint density at radius 3 is 2.48 bits per heavy atom. The average Bonchev–Trinajstić information content (AvgIpc) is 3.14. The second kappa shape index (κ2) is 7.63. The van der Waals surface area contributed by atoms with Crippen LogP contribution in [0.3, 0.4) is 0 Å². The number of rotatable bonds is 5. The fraction of sp³-hybridized carbons (Fsp3) is 0.238. The molecule has 1 saturated heterocycles. The van der Waals surface area contributed by atoms with Crippen molar-refractivity contribution in [3.8, 4) is 11.3 Å². The normalized spacial score (nSPS) is 14.3. The third-order valence-electron chi connectivity index (χ3n) is 4.81. The number of anilines is 1. The van der Waals surface area contributed by atoms with Crippen LogP contribution in [0.2, 0.25) is 0 Å². The Hall–Kier alpha value is -3.12. The molecule has 0 bridgehead atoms. The first-order chi connectivity index (χ1) is 13.2. The zero-order valence-corrected chi connectivity index (χ0v) is 14.9. The van der Waals surface area contributed by atoms with Gasteiger partial charge in [-0.15, -0.1) is 0 Å². The number of benzene rings is 1. The van der Waals surface area contributed by atoms with E-state index in [-0.39, 0.29) is 0 Å². The number of aromatic carboxylic acids is 1. The van der Waals surface area contributed by atoms with E-state index < -0.39 is 5.97 Å². The molecule has 1 aliphatic rings. The van der Waals surface area contributed by atoms with E-state index in [1.165, 1.54) is 5.69 Å². The molecule has 0 unspecified atom stereocenters. The summed E-state index contributed by atoms with van der Waals surface area (Å²) in [6, 6.07) is 13.7. The van der Waals surface area contributed by atoms with Gasteiger partial charge in [0.2, 0.25) is 0 Å². The Labute approximate surface area is 157 Å². The zero-order valence-electron chi connectivity index (χ0n) is 14.9. The van der Waals surface area contributed by atoms with E-state index in [0.29, 0.717) is 17.7 Å². The van der Waals surface area contributed by atoms with Crippen LogP contribution in [0.5, 0.6) is 0 Å². The van der Waals surface area contributed by atoms with Gasteiger partial charge < -0.3 is 19.7 Å². The molecule has 3 heterocycles. The largest absolute Gasteiger partial charge is 0.478 e. The van der Waals surface area contributed by atoms with Crippen molar-refractivity contribution in [1.82, 2.24) is 9.97 Å². The first kappa shape index (κ1) is 17.3. The molecular weight excluding hydrogens is 342 g/mol. The molecule has 138 valence electrons. The monoisotopic (exact) mass is 363 g/mol. The number of nitrogens with zero attached hydrogens (tertiary/aromatic N) is 2. The number of morpholine rings is 1. The summed E-state index contributed by atoms with van der Waals surface area (Å²) in [6.45, 7) is 3.30. The number of carbonyl (C=O) groups is 1. The van der Waals surface area contributed by atoms with E-state index in [1.807, 2.05) is 12.1 Å². The highest BCUT2D eigenvalue weighted by molar-refractivity contribution is 5.91. The highest BCUT2D eigenvalue weighted by atomic mass is 16.5. The van der Waals surface area contributed by atoms with E-state index >= 15 is 0 Å². The molecule has 1 aromatic carbocycles. The minimum Gasteiger partial charge on any atom is -0.478 e. The van der Waals surface area contributed by atoms with Gasteiger partial charge in [-0.1, -0.05) is 12.1 Å². The summed E-state index contributed by atoms with van der Waals surface area (Å²) in [7, 11) is 0. The third kappa shape index (κ3) is 3.85. The van der Waals surface area contributed by atoms with Crippen molar-refractivity contribution in [3.63, 3.8) is 0 Å². The number of hydrogen-bond donors (Lipinski definition) is 2. The van der Waals surface area contributed by atoms with Crippen LogP contribution in [-0.4, -0.2) is 47.3 Å². The van der Waals surface area contributed by atoms with Gasteiger partial charge in [-0.3, -0.25) is 4.98 Å². The Bertz CT molecular complexity index is 914. The van der Waals surface area contributed by atoms with Gasteiger partial charge in [0, 0.05) is 54.5 Å². The van der Waals surface area contributed by atoms with E-state index in [2.05, 4.69) is 39.1 Å². The van der Waals surface area contributed by atoms with Gasteiger partial charge in [0.25, 0.3) is 0 Å². The molecule has 4 rings (SSSR count). The molecule has 0 radical (unpaired) electrons. The van der Waals surface area contributed by atoms with E-state index in [1.54, 1.807) is 18.5 Å². The fourth-order valence-electron chi connectivity index (χ4n) is 3.36. The van der Waals surface area contributed by atoms with Crippen molar-refractivity contribution in [2.75, 3.05) is 31.2 Å². The Morgan fingerprint density at radius 1 is 1.11 bits per heavy atom. The van der Waals surface area contributed by atoms with Gasteiger partial charge >= 0.3 is 5.97 Å². The van der Waals surface area contributed by atoms with Crippen molar-refractivity contribution in [1.29, 1.82) is 0 Å². The fourth-order valence-corrected chi connectivity index (χ4v) is 3.36. The van der Waals surface area contributed by atoms with Crippen LogP contribution in [0.4, 0.5) is 5.69 Å². The van der Waals surface area contributed by atoms with Crippen LogP contribution >= 0.6 is 0 Å². The topological polar surface area (TPSA) is 78.4 Å². The maximum Gasteiger partial charge on any atom is 0.337 e. The number of nitrogens with one attached hydrogen (secondary N) is 1. The Balaban J connectivity index is 1.56. The summed E-state index contributed by atoms with van der Waals surface area (Å²) < 4.78 is 5.39. The molecule has 0 saturated carbocycles. The highest BCUT2D eigenvalue weighted by Crippen LogP contribution is 2.24. The minimum absolute atomic E-state index is 0.305. The SMILES string of the molecule is O=C(O)c1cc(-c2ccncc2)[nH]c1Cc1ccc(N2CCOCC2)cc1. The molecular formula is C21H21N3O3. The van der Waals surface area contributed by atoms with E-state index in [9.17, 15) is 9.90 Å². The lowest BCUT2D eigenvalue weighted by atomic mass is 10.1. The zero-order chi connectivity index (χ0) is 18.6. The van der Waals surface area contributed by atoms with Crippen LogP contribution in [-0.2, 0) is 11.2 Å². The van der Waals surface area contributed by atoms with Crippen LogP contribution in [0.15, 0.2) is 54.9 Å². The molecule has 0 amide bonds. The lowest BCUT2D eigenvalue weighted by molar-refractivity contribution is 0.0696.